The van der Waals surface area contributed by atoms with Gasteiger partial charge in [0, 0.05) is 29.2 Å². The molecule has 0 radical (unpaired) electrons. The SMILES string of the molecule is Cc1nc2nc3ccn(Cc4ccncc4)c(=O)c3c(-c3ccccc3Cl)n2n1. The lowest BCUT2D eigenvalue weighted by atomic mass is 10.1. The third kappa shape index (κ3) is 2.96. The number of aromatic nitrogens is 6. The summed E-state index contributed by atoms with van der Waals surface area (Å²) in [6.45, 7) is 2.21. The summed E-state index contributed by atoms with van der Waals surface area (Å²) in [5.74, 6) is 0.995. The first kappa shape index (κ1) is 17.5. The van der Waals surface area contributed by atoms with Gasteiger partial charge in [-0.05, 0) is 36.8 Å². The molecule has 0 N–H and O–H groups in total. The first-order chi connectivity index (χ1) is 14.1. The summed E-state index contributed by atoms with van der Waals surface area (Å²) < 4.78 is 3.24. The Morgan fingerprint density at radius 3 is 2.62 bits per heavy atom. The highest BCUT2D eigenvalue weighted by atomic mass is 35.5. The van der Waals surface area contributed by atoms with Crippen LogP contribution in [0.25, 0.3) is 27.9 Å². The molecule has 5 rings (SSSR count). The molecule has 7 nitrogen and oxygen atoms in total. The molecule has 0 fully saturated rings. The fraction of sp³-hybridized carbons (Fsp3) is 0.0952. The van der Waals surface area contributed by atoms with Gasteiger partial charge in [0.25, 0.3) is 11.3 Å². The van der Waals surface area contributed by atoms with Crippen molar-refractivity contribution >= 4 is 28.3 Å². The van der Waals surface area contributed by atoms with Crippen molar-refractivity contribution in [2.45, 2.75) is 13.5 Å². The number of nitrogens with zero attached hydrogens (tertiary/aromatic N) is 6. The summed E-state index contributed by atoms with van der Waals surface area (Å²) in [7, 11) is 0. The van der Waals surface area contributed by atoms with Gasteiger partial charge >= 0.3 is 0 Å². The monoisotopic (exact) mass is 402 g/mol. The Labute approximate surface area is 170 Å². The second-order valence-electron chi connectivity index (χ2n) is 6.68. The van der Waals surface area contributed by atoms with Gasteiger partial charge in [-0.25, -0.2) is 4.98 Å². The number of fused-ring (bicyclic) bond motifs is 2. The van der Waals surface area contributed by atoms with Gasteiger partial charge in [0.15, 0.2) is 0 Å². The van der Waals surface area contributed by atoms with Gasteiger partial charge in [0.2, 0.25) is 0 Å². The largest absolute Gasteiger partial charge is 0.310 e. The minimum atomic E-state index is -0.170. The molecular formula is C21H15ClN6O. The second-order valence-corrected chi connectivity index (χ2v) is 7.08. The highest BCUT2D eigenvalue weighted by Gasteiger charge is 2.19. The quantitative estimate of drug-likeness (QED) is 0.461. The molecule has 0 aliphatic rings. The zero-order chi connectivity index (χ0) is 20.0. The average Bonchev–Trinajstić information content (AvgIpc) is 3.10. The van der Waals surface area contributed by atoms with Crippen molar-refractivity contribution in [2.75, 3.05) is 0 Å². The molecule has 4 aromatic heterocycles. The third-order valence-electron chi connectivity index (χ3n) is 4.74. The van der Waals surface area contributed by atoms with Crippen LogP contribution in [0.3, 0.4) is 0 Å². The van der Waals surface area contributed by atoms with Crippen LogP contribution in [0.1, 0.15) is 11.4 Å². The standard InChI is InChI=1S/C21H15ClN6O/c1-13-24-21-25-17-8-11-27(12-14-6-9-23-10-7-14)20(29)18(17)19(28(21)26-13)15-4-2-3-5-16(15)22/h2-11H,12H2,1H3. The molecule has 0 bridgehead atoms. The molecule has 4 heterocycles. The van der Waals surface area contributed by atoms with E-state index in [0.29, 0.717) is 45.3 Å². The number of benzene rings is 1. The van der Waals surface area contributed by atoms with Crippen LogP contribution in [-0.4, -0.2) is 29.1 Å². The zero-order valence-electron chi connectivity index (χ0n) is 15.5. The fourth-order valence-electron chi connectivity index (χ4n) is 3.43. The molecule has 0 amide bonds. The van der Waals surface area contributed by atoms with Crippen LogP contribution in [0.4, 0.5) is 0 Å². The smallest absolute Gasteiger partial charge is 0.262 e. The van der Waals surface area contributed by atoms with Crippen molar-refractivity contribution in [3.8, 4) is 11.3 Å². The lowest BCUT2D eigenvalue weighted by molar-refractivity contribution is 0.765. The Morgan fingerprint density at radius 2 is 1.83 bits per heavy atom. The maximum atomic E-state index is 13.5. The van der Waals surface area contributed by atoms with Crippen molar-refractivity contribution < 1.29 is 0 Å². The lowest BCUT2D eigenvalue weighted by Crippen LogP contribution is -2.22. The van der Waals surface area contributed by atoms with Crippen LogP contribution in [0.5, 0.6) is 0 Å². The number of rotatable bonds is 3. The fourth-order valence-corrected chi connectivity index (χ4v) is 3.66. The van der Waals surface area contributed by atoms with Crippen LogP contribution in [0.15, 0.2) is 65.8 Å². The number of hydrogen-bond donors (Lipinski definition) is 0. The highest BCUT2D eigenvalue weighted by molar-refractivity contribution is 6.33. The van der Waals surface area contributed by atoms with E-state index in [-0.39, 0.29) is 5.56 Å². The lowest BCUT2D eigenvalue weighted by Gasteiger charge is -2.12. The van der Waals surface area contributed by atoms with E-state index in [0.717, 1.165) is 5.56 Å². The Balaban J connectivity index is 1.86. The number of aryl methyl sites for hydroxylation is 1. The molecule has 1 aromatic carbocycles. The molecule has 29 heavy (non-hydrogen) atoms. The summed E-state index contributed by atoms with van der Waals surface area (Å²) >= 11 is 6.49. The van der Waals surface area contributed by atoms with Gasteiger partial charge in [-0.3, -0.25) is 9.78 Å². The van der Waals surface area contributed by atoms with Crippen molar-refractivity contribution in [1.82, 2.24) is 29.1 Å². The minimum absolute atomic E-state index is 0.170. The van der Waals surface area contributed by atoms with E-state index in [1.807, 2.05) is 36.4 Å². The van der Waals surface area contributed by atoms with Gasteiger partial charge in [-0.2, -0.15) is 9.50 Å². The molecule has 0 atom stereocenters. The normalized spacial score (nSPS) is 11.4. The average molecular weight is 403 g/mol. The second kappa shape index (κ2) is 6.79. The van der Waals surface area contributed by atoms with Crippen LogP contribution >= 0.6 is 11.6 Å². The van der Waals surface area contributed by atoms with Crippen LogP contribution in [0, 0.1) is 6.92 Å². The van der Waals surface area contributed by atoms with E-state index < -0.39 is 0 Å². The van der Waals surface area contributed by atoms with Crippen molar-refractivity contribution in [2.24, 2.45) is 0 Å². The molecule has 0 saturated carbocycles. The minimum Gasteiger partial charge on any atom is -0.310 e. The molecule has 0 aliphatic heterocycles. The van der Waals surface area contributed by atoms with Crippen molar-refractivity contribution in [1.29, 1.82) is 0 Å². The van der Waals surface area contributed by atoms with E-state index >= 15 is 0 Å². The Morgan fingerprint density at radius 1 is 1.03 bits per heavy atom. The molecule has 5 aromatic rings. The van der Waals surface area contributed by atoms with Crippen LogP contribution < -0.4 is 5.56 Å². The molecule has 0 unspecified atom stereocenters. The van der Waals surface area contributed by atoms with Gasteiger partial charge in [0.1, 0.15) is 5.82 Å². The van der Waals surface area contributed by atoms with Crippen molar-refractivity contribution in [3.63, 3.8) is 0 Å². The zero-order valence-corrected chi connectivity index (χ0v) is 16.2. The number of hydrogen-bond acceptors (Lipinski definition) is 5. The highest BCUT2D eigenvalue weighted by Crippen LogP contribution is 2.31. The Hall–Kier alpha value is -3.58. The van der Waals surface area contributed by atoms with E-state index in [9.17, 15) is 4.79 Å². The predicted molar refractivity (Wildman–Crippen MR) is 111 cm³/mol. The van der Waals surface area contributed by atoms with Gasteiger partial charge in [0.05, 0.1) is 23.1 Å². The first-order valence-corrected chi connectivity index (χ1v) is 9.40. The molecular weight excluding hydrogens is 388 g/mol. The van der Waals surface area contributed by atoms with E-state index in [1.54, 1.807) is 40.7 Å². The summed E-state index contributed by atoms with van der Waals surface area (Å²) in [5, 5.41) is 5.44. The summed E-state index contributed by atoms with van der Waals surface area (Å²) in [5.41, 5.74) is 2.65. The van der Waals surface area contributed by atoms with Gasteiger partial charge < -0.3 is 4.57 Å². The maximum absolute atomic E-state index is 13.5. The van der Waals surface area contributed by atoms with E-state index in [1.165, 1.54) is 0 Å². The van der Waals surface area contributed by atoms with Crippen LogP contribution in [0.2, 0.25) is 5.02 Å². The molecule has 142 valence electrons. The topological polar surface area (TPSA) is 78.0 Å². The number of pyridine rings is 2. The summed E-state index contributed by atoms with van der Waals surface area (Å²) in [6, 6.07) is 13.0. The molecule has 0 saturated heterocycles. The van der Waals surface area contributed by atoms with E-state index in [4.69, 9.17) is 11.6 Å². The predicted octanol–water partition coefficient (Wildman–Crippen LogP) is 3.51. The van der Waals surface area contributed by atoms with Gasteiger partial charge in [-0.1, -0.05) is 29.8 Å². The molecule has 8 heteroatoms. The molecule has 0 aliphatic carbocycles. The first-order valence-electron chi connectivity index (χ1n) is 9.02. The van der Waals surface area contributed by atoms with Crippen LogP contribution in [-0.2, 0) is 6.54 Å². The summed E-state index contributed by atoms with van der Waals surface area (Å²) in [4.78, 5) is 26.4. The Kier molecular flexibility index (Phi) is 4.10. The number of halogens is 1. The van der Waals surface area contributed by atoms with E-state index in [2.05, 4.69) is 20.1 Å². The molecule has 0 spiro atoms. The third-order valence-corrected chi connectivity index (χ3v) is 5.07. The Bertz CT molecular complexity index is 1420. The summed E-state index contributed by atoms with van der Waals surface area (Å²) in [6.07, 6.45) is 5.16. The van der Waals surface area contributed by atoms with Gasteiger partial charge in [-0.15, -0.1) is 5.10 Å². The maximum Gasteiger partial charge on any atom is 0.262 e. The van der Waals surface area contributed by atoms with Crippen molar-refractivity contribution in [3.05, 3.63) is 87.8 Å².